The van der Waals surface area contributed by atoms with Crippen LogP contribution in [0.5, 0.6) is 0 Å². The van der Waals surface area contributed by atoms with Crippen molar-refractivity contribution in [2.24, 2.45) is 5.92 Å². The Labute approximate surface area is 61.3 Å². The van der Waals surface area contributed by atoms with Crippen LogP contribution in [0.1, 0.15) is 6.92 Å². The number of fused-ring (bicyclic) bond motifs is 1. The quantitative estimate of drug-likeness (QED) is 0.473. The minimum atomic E-state index is 0.590. The van der Waals surface area contributed by atoms with Gasteiger partial charge in [-0.15, -0.1) is 0 Å². The van der Waals surface area contributed by atoms with Crippen molar-refractivity contribution in [2.45, 2.75) is 6.92 Å². The molecule has 1 unspecified atom stereocenters. The second kappa shape index (κ2) is 1.98. The molecule has 0 amide bonds. The first-order chi connectivity index (χ1) is 4.86. The Kier molecular flexibility index (Phi) is 1.13. The lowest BCUT2D eigenvalue weighted by molar-refractivity contribution is 0.896. The second-order valence-corrected chi connectivity index (χ2v) is 2.82. The number of hydrogen-bond acceptors (Lipinski definition) is 0. The molecule has 10 heavy (non-hydrogen) atoms. The summed E-state index contributed by atoms with van der Waals surface area (Å²) in [6, 6.07) is 0. The molecule has 0 saturated heterocycles. The first kappa shape index (κ1) is 5.72. The van der Waals surface area contributed by atoms with Crippen molar-refractivity contribution in [1.82, 2.24) is 0 Å². The van der Waals surface area contributed by atoms with Crippen LogP contribution in [0.4, 0.5) is 0 Å². The van der Waals surface area contributed by atoms with Crippen molar-refractivity contribution in [3.63, 3.8) is 0 Å². The van der Waals surface area contributed by atoms with Gasteiger partial charge in [-0.25, -0.2) is 0 Å². The molecule has 0 N–H and O–H groups in total. The highest BCUT2D eigenvalue weighted by Gasteiger charge is 2.08. The van der Waals surface area contributed by atoms with Crippen LogP contribution in [0, 0.1) is 5.92 Å². The highest BCUT2D eigenvalue weighted by atomic mass is 14.1. The number of allylic oxidation sites excluding steroid dienone is 8. The zero-order valence-corrected chi connectivity index (χ0v) is 6.04. The fourth-order valence-corrected chi connectivity index (χ4v) is 1.31. The highest BCUT2D eigenvalue weighted by Crippen LogP contribution is 2.25. The third-order valence-electron chi connectivity index (χ3n) is 2.02. The average Bonchev–Trinajstić information content (AvgIpc) is 2.27. The molecule has 0 heteroatoms. The van der Waals surface area contributed by atoms with Gasteiger partial charge in [-0.1, -0.05) is 43.4 Å². The van der Waals surface area contributed by atoms with Gasteiger partial charge < -0.3 is 0 Å². The molecule has 0 aromatic heterocycles. The molecule has 0 fully saturated rings. The molecular weight excluding hydrogens is 120 g/mol. The van der Waals surface area contributed by atoms with E-state index in [0.717, 1.165) is 0 Å². The standard InChI is InChI=1S/C10H10/c1-8-3-2-4-9-5-6-10(8)7-9/h2-8H,1H3. The maximum atomic E-state index is 2.24. The molecule has 2 bridgehead atoms. The van der Waals surface area contributed by atoms with Gasteiger partial charge in [0.05, 0.1) is 0 Å². The summed E-state index contributed by atoms with van der Waals surface area (Å²) >= 11 is 0. The van der Waals surface area contributed by atoms with Gasteiger partial charge in [0.2, 0.25) is 0 Å². The minimum Gasteiger partial charge on any atom is -0.0773 e. The Morgan fingerprint density at radius 2 is 2.20 bits per heavy atom. The van der Waals surface area contributed by atoms with Gasteiger partial charge >= 0.3 is 0 Å². The second-order valence-electron chi connectivity index (χ2n) is 2.82. The summed E-state index contributed by atoms with van der Waals surface area (Å²) in [6.45, 7) is 2.22. The molecule has 0 spiro atoms. The average molecular weight is 130 g/mol. The van der Waals surface area contributed by atoms with Gasteiger partial charge in [-0.2, -0.15) is 0 Å². The van der Waals surface area contributed by atoms with E-state index in [1.54, 1.807) is 0 Å². The zero-order valence-electron chi connectivity index (χ0n) is 6.04. The normalized spacial score (nSPS) is 27.9. The predicted octanol–water partition coefficient (Wildman–Crippen LogP) is 2.61. The van der Waals surface area contributed by atoms with Crippen molar-refractivity contribution in [3.8, 4) is 0 Å². The molecule has 0 nitrogen and oxygen atoms in total. The van der Waals surface area contributed by atoms with Gasteiger partial charge in [-0.3, -0.25) is 0 Å². The molecule has 50 valence electrons. The minimum absolute atomic E-state index is 0.590. The van der Waals surface area contributed by atoms with E-state index in [2.05, 4.69) is 43.4 Å². The van der Waals surface area contributed by atoms with Gasteiger partial charge in [0.1, 0.15) is 0 Å². The van der Waals surface area contributed by atoms with Gasteiger partial charge in [0.25, 0.3) is 0 Å². The van der Waals surface area contributed by atoms with E-state index in [4.69, 9.17) is 0 Å². The largest absolute Gasteiger partial charge is 0.0773 e. The smallest absolute Gasteiger partial charge is 0.000710 e. The maximum absolute atomic E-state index is 2.24. The first-order valence-electron chi connectivity index (χ1n) is 3.64. The van der Waals surface area contributed by atoms with Gasteiger partial charge in [0.15, 0.2) is 0 Å². The Hall–Kier alpha value is -1.04. The lowest BCUT2D eigenvalue weighted by Gasteiger charge is -2.02. The Bertz CT molecular complexity index is 262. The molecular formula is C10H10. The third-order valence-corrected chi connectivity index (χ3v) is 2.02. The van der Waals surface area contributed by atoms with E-state index in [-0.39, 0.29) is 0 Å². The molecule has 0 aromatic carbocycles. The van der Waals surface area contributed by atoms with Crippen LogP contribution in [0.25, 0.3) is 0 Å². The fourth-order valence-electron chi connectivity index (χ4n) is 1.31. The summed E-state index contributed by atoms with van der Waals surface area (Å²) in [5.74, 6) is 0.590. The van der Waals surface area contributed by atoms with Crippen LogP contribution < -0.4 is 0 Å². The van der Waals surface area contributed by atoms with Crippen LogP contribution in [0.3, 0.4) is 0 Å². The van der Waals surface area contributed by atoms with Crippen molar-refractivity contribution >= 4 is 0 Å². The van der Waals surface area contributed by atoms with E-state index in [0.29, 0.717) is 5.92 Å². The van der Waals surface area contributed by atoms with E-state index < -0.39 is 0 Å². The monoisotopic (exact) mass is 130 g/mol. The number of hydrogen-bond donors (Lipinski definition) is 0. The van der Waals surface area contributed by atoms with E-state index in [9.17, 15) is 0 Å². The summed E-state index contributed by atoms with van der Waals surface area (Å²) in [5, 5.41) is 0. The first-order valence-corrected chi connectivity index (χ1v) is 3.64. The topological polar surface area (TPSA) is 0 Å². The molecule has 0 radical (unpaired) electrons. The lowest BCUT2D eigenvalue weighted by atomic mass is 10.0. The summed E-state index contributed by atoms with van der Waals surface area (Å²) in [4.78, 5) is 0. The molecule has 2 aliphatic rings. The molecule has 0 saturated carbocycles. The molecule has 0 aliphatic heterocycles. The summed E-state index contributed by atoms with van der Waals surface area (Å²) in [5.41, 5.74) is 2.76. The van der Waals surface area contributed by atoms with E-state index in [1.807, 2.05) is 0 Å². The van der Waals surface area contributed by atoms with Crippen molar-refractivity contribution in [1.29, 1.82) is 0 Å². The molecule has 0 heterocycles. The summed E-state index contributed by atoms with van der Waals surface area (Å²) in [7, 11) is 0. The van der Waals surface area contributed by atoms with Crippen molar-refractivity contribution < 1.29 is 0 Å². The van der Waals surface area contributed by atoms with Crippen LogP contribution >= 0.6 is 0 Å². The fraction of sp³-hybridized carbons (Fsp3) is 0.200. The molecule has 2 aliphatic carbocycles. The van der Waals surface area contributed by atoms with Crippen LogP contribution in [0.2, 0.25) is 0 Å². The van der Waals surface area contributed by atoms with Crippen LogP contribution in [-0.2, 0) is 0 Å². The zero-order chi connectivity index (χ0) is 6.97. The Morgan fingerprint density at radius 1 is 1.30 bits per heavy atom. The van der Waals surface area contributed by atoms with E-state index in [1.165, 1.54) is 11.1 Å². The highest BCUT2D eigenvalue weighted by molar-refractivity contribution is 5.50. The predicted molar refractivity (Wildman–Crippen MR) is 43.6 cm³/mol. The third kappa shape index (κ3) is 0.766. The van der Waals surface area contributed by atoms with Crippen LogP contribution in [0.15, 0.2) is 47.6 Å². The van der Waals surface area contributed by atoms with Crippen LogP contribution in [-0.4, -0.2) is 0 Å². The van der Waals surface area contributed by atoms with Crippen molar-refractivity contribution in [3.05, 3.63) is 47.6 Å². The summed E-state index contributed by atoms with van der Waals surface area (Å²) in [6.07, 6.45) is 13.1. The molecule has 0 aromatic rings. The summed E-state index contributed by atoms with van der Waals surface area (Å²) < 4.78 is 0. The lowest BCUT2D eigenvalue weighted by Crippen LogP contribution is -1.88. The van der Waals surface area contributed by atoms with Gasteiger partial charge in [0, 0.05) is 0 Å². The maximum Gasteiger partial charge on any atom is -0.000710 e. The van der Waals surface area contributed by atoms with Crippen molar-refractivity contribution in [2.75, 3.05) is 0 Å². The molecule has 2 rings (SSSR count). The Morgan fingerprint density at radius 3 is 3.10 bits per heavy atom. The van der Waals surface area contributed by atoms with Gasteiger partial charge in [-0.05, 0) is 17.1 Å². The van der Waals surface area contributed by atoms with E-state index >= 15 is 0 Å². The number of rotatable bonds is 0. The Balaban J connectivity index is 2.48. The SMILES string of the molecule is CC1C=CC=C2C=CC1=C2. The molecule has 1 atom stereocenters.